The molecule has 132 valence electrons. The summed E-state index contributed by atoms with van der Waals surface area (Å²) in [6.07, 6.45) is 0. The Morgan fingerprint density at radius 3 is 2.32 bits per heavy atom. The molecule has 0 amide bonds. The van der Waals surface area contributed by atoms with E-state index in [0.29, 0.717) is 17.1 Å². The number of hydrogen-bond acceptors (Lipinski definition) is 6. The molecule has 0 saturated carbocycles. The van der Waals surface area contributed by atoms with Gasteiger partial charge in [-0.15, -0.1) is 0 Å². The average Bonchev–Trinajstić information content (AvgIpc) is 2.58. The van der Waals surface area contributed by atoms with Crippen LogP contribution in [0.25, 0.3) is 0 Å². The van der Waals surface area contributed by atoms with Crippen LogP contribution in [0.4, 0.5) is 0 Å². The zero-order valence-corrected chi connectivity index (χ0v) is 14.9. The van der Waals surface area contributed by atoms with Gasteiger partial charge in [0.1, 0.15) is 17.4 Å². The third kappa shape index (κ3) is 3.43. The predicted octanol–water partition coefficient (Wildman–Crippen LogP) is 3.30. The second-order valence-corrected chi connectivity index (χ2v) is 6.63. The van der Waals surface area contributed by atoms with Crippen LogP contribution in [0.1, 0.15) is 32.3 Å². The topological polar surface area (TPSA) is 97.4 Å². The third-order valence-corrected chi connectivity index (χ3v) is 3.92. The van der Waals surface area contributed by atoms with Crippen molar-refractivity contribution in [3.05, 3.63) is 62.9 Å². The van der Waals surface area contributed by atoms with E-state index in [2.05, 4.69) is 11.4 Å². The first kappa shape index (κ1) is 18.3. The van der Waals surface area contributed by atoms with E-state index >= 15 is 0 Å². The predicted molar refractivity (Wildman–Crippen MR) is 92.0 cm³/mol. The van der Waals surface area contributed by atoms with E-state index in [-0.39, 0.29) is 17.2 Å². The van der Waals surface area contributed by atoms with E-state index in [0.717, 1.165) is 0 Å². The molecular weight excluding hydrogens is 322 g/mol. The molecule has 1 heterocycles. The Labute approximate surface area is 146 Å². The molecule has 1 aliphatic rings. The number of nitriles is 1. The number of ether oxygens (including phenoxy) is 2. The summed E-state index contributed by atoms with van der Waals surface area (Å²) in [5.41, 5.74) is 0.197. The maximum Gasteiger partial charge on any atom is 0.318 e. The van der Waals surface area contributed by atoms with Gasteiger partial charge in [-0.3, -0.25) is 10.1 Å². The second kappa shape index (κ2) is 6.85. The molecule has 1 atom stereocenters. The highest BCUT2D eigenvalue weighted by Crippen LogP contribution is 2.44. The lowest BCUT2D eigenvalue weighted by atomic mass is 9.80. The maximum atomic E-state index is 11.7. The molecule has 1 aromatic rings. The van der Waals surface area contributed by atoms with Crippen LogP contribution < -0.4 is 10.1 Å². The number of hydrogen-bond donors (Lipinski definition) is 1. The standard InChI is InChI=1S/C18H21N3O4/c1-18(2,3)16-13(10-19)14(11-6-8-12(24-5)9-7-11)15(21(22)23)17(20-4)25-16/h6-9,14,20H,1-5H3. The number of benzene rings is 1. The number of nitrogens with zero attached hydrogens (tertiary/aromatic N) is 2. The molecule has 0 saturated heterocycles. The first-order chi connectivity index (χ1) is 11.7. The molecule has 25 heavy (non-hydrogen) atoms. The number of rotatable bonds is 4. The van der Waals surface area contributed by atoms with Gasteiger partial charge in [0.05, 0.1) is 23.7 Å². The maximum absolute atomic E-state index is 11.7. The largest absolute Gasteiger partial charge is 0.497 e. The van der Waals surface area contributed by atoms with Crippen molar-refractivity contribution in [3.63, 3.8) is 0 Å². The van der Waals surface area contributed by atoms with Crippen LogP contribution in [-0.4, -0.2) is 19.1 Å². The van der Waals surface area contributed by atoms with E-state index in [1.807, 2.05) is 20.8 Å². The van der Waals surface area contributed by atoms with Crippen LogP contribution in [0.15, 0.2) is 47.2 Å². The second-order valence-electron chi connectivity index (χ2n) is 6.63. The van der Waals surface area contributed by atoms with Gasteiger partial charge in [0.2, 0.25) is 0 Å². The highest BCUT2D eigenvalue weighted by Gasteiger charge is 2.44. The summed E-state index contributed by atoms with van der Waals surface area (Å²) >= 11 is 0. The zero-order valence-electron chi connectivity index (χ0n) is 14.9. The molecule has 7 heteroatoms. The lowest BCUT2D eigenvalue weighted by Gasteiger charge is -2.31. The minimum Gasteiger partial charge on any atom is -0.497 e. The van der Waals surface area contributed by atoms with Gasteiger partial charge in [0, 0.05) is 12.5 Å². The summed E-state index contributed by atoms with van der Waals surface area (Å²) in [7, 11) is 3.10. The van der Waals surface area contributed by atoms with Crippen LogP contribution in [0, 0.1) is 26.9 Å². The first-order valence-electron chi connectivity index (χ1n) is 7.77. The Kier molecular flexibility index (Phi) is 5.02. The molecule has 0 aromatic heterocycles. The van der Waals surface area contributed by atoms with Gasteiger partial charge in [-0.25, -0.2) is 0 Å². The van der Waals surface area contributed by atoms with Gasteiger partial charge < -0.3 is 14.8 Å². The van der Waals surface area contributed by atoms with E-state index in [1.54, 1.807) is 38.4 Å². The lowest BCUT2D eigenvalue weighted by Crippen LogP contribution is -2.30. The van der Waals surface area contributed by atoms with Crippen LogP contribution in [-0.2, 0) is 4.74 Å². The van der Waals surface area contributed by atoms with Crippen LogP contribution in [0.2, 0.25) is 0 Å². The monoisotopic (exact) mass is 343 g/mol. The Morgan fingerprint density at radius 1 is 1.32 bits per heavy atom. The highest BCUT2D eigenvalue weighted by atomic mass is 16.6. The van der Waals surface area contributed by atoms with Gasteiger partial charge in [0.25, 0.3) is 5.88 Å². The Hall–Kier alpha value is -3.01. The minimum absolute atomic E-state index is 0.0507. The summed E-state index contributed by atoms with van der Waals surface area (Å²) in [6, 6.07) is 9.01. The molecule has 1 aromatic carbocycles. The molecule has 0 spiro atoms. The third-order valence-electron chi connectivity index (χ3n) is 3.92. The van der Waals surface area contributed by atoms with Gasteiger partial charge >= 0.3 is 5.70 Å². The van der Waals surface area contributed by atoms with Gasteiger partial charge in [-0.2, -0.15) is 5.26 Å². The van der Waals surface area contributed by atoms with Gasteiger partial charge in [0.15, 0.2) is 0 Å². The van der Waals surface area contributed by atoms with Crippen LogP contribution in [0.3, 0.4) is 0 Å². The molecule has 0 fully saturated rings. The van der Waals surface area contributed by atoms with Crippen molar-refractivity contribution in [3.8, 4) is 11.8 Å². The summed E-state index contributed by atoms with van der Waals surface area (Å²) in [5.74, 6) is 0.284. The fraction of sp³-hybridized carbons (Fsp3) is 0.389. The molecule has 1 N–H and O–H groups in total. The average molecular weight is 343 g/mol. The van der Waals surface area contributed by atoms with Gasteiger partial charge in [-0.05, 0) is 17.7 Å². The number of methoxy groups -OCH3 is 1. The fourth-order valence-corrected chi connectivity index (χ4v) is 2.77. The molecule has 7 nitrogen and oxygen atoms in total. The summed E-state index contributed by atoms with van der Waals surface area (Å²) in [6.45, 7) is 5.69. The van der Waals surface area contributed by atoms with Crippen molar-refractivity contribution in [1.29, 1.82) is 5.26 Å². The molecule has 0 radical (unpaired) electrons. The molecular formula is C18H21N3O4. The van der Waals surface area contributed by atoms with Crippen molar-refractivity contribution in [2.24, 2.45) is 5.41 Å². The summed E-state index contributed by atoms with van der Waals surface area (Å²) < 4.78 is 10.9. The molecule has 0 bridgehead atoms. The lowest BCUT2D eigenvalue weighted by molar-refractivity contribution is -0.433. The normalized spacial score (nSPS) is 17.7. The van der Waals surface area contributed by atoms with E-state index in [9.17, 15) is 15.4 Å². The quantitative estimate of drug-likeness (QED) is 0.665. The van der Waals surface area contributed by atoms with Gasteiger partial charge in [-0.1, -0.05) is 32.9 Å². The van der Waals surface area contributed by atoms with E-state index < -0.39 is 16.3 Å². The number of allylic oxidation sites excluding steroid dienone is 2. The van der Waals surface area contributed by atoms with E-state index in [4.69, 9.17) is 9.47 Å². The first-order valence-corrected chi connectivity index (χ1v) is 7.77. The molecule has 1 unspecified atom stereocenters. The zero-order chi connectivity index (χ0) is 18.8. The Morgan fingerprint density at radius 2 is 1.92 bits per heavy atom. The fourth-order valence-electron chi connectivity index (χ4n) is 2.77. The van der Waals surface area contributed by atoms with Crippen LogP contribution in [0.5, 0.6) is 5.75 Å². The van der Waals surface area contributed by atoms with Crippen molar-refractivity contribution in [2.75, 3.05) is 14.2 Å². The van der Waals surface area contributed by atoms with Crippen molar-refractivity contribution in [1.82, 2.24) is 5.32 Å². The Balaban J connectivity index is 2.74. The SMILES string of the molecule is CNC1=C([N+](=O)[O-])C(c2ccc(OC)cc2)C(C#N)=C(C(C)(C)C)O1. The van der Waals surface area contributed by atoms with Crippen molar-refractivity contribution >= 4 is 0 Å². The number of nitro groups is 1. The van der Waals surface area contributed by atoms with E-state index in [1.165, 1.54) is 0 Å². The molecule has 0 aliphatic carbocycles. The van der Waals surface area contributed by atoms with Crippen molar-refractivity contribution in [2.45, 2.75) is 26.7 Å². The Bertz CT molecular complexity index is 780. The molecule has 1 aliphatic heterocycles. The smallest absolute Gasteiger partial charge is 0.318 e. The molecule has 2 rings (SSSR count). The summed E-state index contributed by atoms with van der Waals surface area (Å²) in [4.78, 5) is 11.2. The van der Waals surface area contributed by atoms with Crippen LogP contribution >= 0.6 is 0 Å². The summed E-state index contributed by atoms with van der Waals surface area (Å²) in [5, 5.41) is 24.2. The van der Waals surface area contributed by atoms with Crippen molar-refractivity contribution < 1.29 is 14.4 Å². The number of nitrogens with one attached hydrogen (secondary N) is 1. The minimum atomic E-state index is -0.823. The highest BCUT2D eigenvalue weighted by molar-refractivity contribution is 5.49.